The molecule has 6 nitrogen and oxygen atoms in total. The van der Waals surface area contributed by atoms with Gasteiger partial charge in [-0.05, 0) is 13.8 Å². The molecule has 1 unspecified atom stereocenters. The van der Waals surface area contributed by atoms with Crippen LogP contribution in [0.4, 0.5) is 0 Å². The van der Waals surface area contributed by atoms with Crippen molar-refractivity contribution in [3.8, 4) is 0 Å². The molecule has 0 bridgehead atoms. The fourth-order valence-corrected chi connectivity index (χ4v) is 1.18. The van der Waals surface area contributed by atoms with Crippen molar-refractivity contribution in [1.82, 2.24) is 20.1 Å². The summed E-state index contributed by atoms with van der Waals surface area (Å²) in [6.07, 6.45) is 1.30. The van der Waals surface area contributed by atoms with Crippen LogP contribution in [0.5, 0.6) is 0 Å². The largest absolute Gasteiger partial charge is 0.389 e. The van der Waals surface area contributed by atoms with Gasteiger partial charge in [-0.3, -0.25) is 0 Å². The number of aromatic nitrogens is 3. The highest BCUT2D eigenvalue weighted by Gasteiger charge is 2.06. The highest BCUT2D eigenvalue weighted by Crippen LogP contribution is 1.93. The van der Waals surface area contributed by atoms with Gasteiger partial charge in [0, 0.05) is 13.6 Å². The van der Waals surface area contributed by atoms with Gasteiger partial charge in [-0.1, -0.05) is 0 Å². The van der Waals surface area contributed by atoms with Crippen LogP contribution in [-0.4, -0.2) is 45.2 Å². The summed E-state index contributed by atoms with van der Waals surface area (Å²) in [5.74, 6) is 0.844. The normalized spacial score (nSPS) is 13.3. The fraction of sp³-hybridized carbons (Fsp3) is 0.800. The number of nitrogens with zero attached hydrogens (tertiary/aromatic N) is 3. The van der Waals surface area contributed by atoms with Crippen LogP contribution in [0.25, 0.3) is 0 Å². The van der Waals surface area contributed by atoms with E-state index in [0.29, 0.717) is 19.7 Å². The molecule has 1 atom stereocenters. The van der Waals surface area contributed by atoms with Gasteiger partial charge < -0.3 is 19.7 Å². The first-order valence-corrected chi connectivity index (χ1v) is 5.43. The molecule has 0 saturated carbocycles. The number of hydrogen-bond donors (Lipinski definition) is 2. The Balaban J connectivity index is 2.13. The summed E-state index contributed by atoms with van der Waals surface area (Å²) < 4.78 is 7.13. The second kappa shape index (κ2) is 6.57. The van der Waals surface area contributed by atoms with Crippen LogP contribution < -0.4 is 5.32 Å². The number of aliphatic hydroxyl groups is 1. The first kappa shape index (κ1) is 13.1. The molecular weight excluding hydrogens is 208 g/mol. The molecule has 0 radical (unpaired) electrons. The highest BCUT2D eigenvalue weighted by molar-refractivity contribution is 4.83. The Bertz CT molecular complexity index is 301. The maximum absolute atomic E-state index is 9.57. The van der Waals surface area contributed by atoms with Crippen molar-refractivity contribution < 1.29 is 9.84 Å². The average Bonchev–Trinajstić information content (AvgIpc) is 2.61. The molecule has 1 heterocycles. The van der Waals surface area contributed by atoms with Gasteiger partial charge in [0.25, 0.3) is 0 Å². The molecular formula is C10H20N4O2. The Morgan fingerprint density at radius 2 is 2.31 bits per heavy atom. The molecule has 0 saturated heterocycles. The second-order valence-corrected chi connectivity index (χ2v) is 4.02. The van der Waals surface area contributed by atoms with E-state index in [1.165, 1.54) is 0 Å². The topological polar surface area (TPSA) is 72.2 Å². The minimum absolute atomic E-state index is 0.147. The molecule has 16 heavy (non-hydrogen) atoms. The molecule has 0 fully saturated rings. The smallest absolute Gasteiger partial charge is 0.146 e. The standard InChI is InChI=1S/C10H20N4O2/c1-8(2)16-6-9(15)4-11-5-10-13-12-7-14(10)3/h7-9,11,15H,4-6H2,1-3H3. The average molecular weight is 228 g/mol. The first-order valence-electron chi connectivity index (χ1n) is 5.43. The van der Waals surface area contributed by atoms with E-state index in [-0.39, 0.29) is 6.10 Å². The third kappa shape index (κ3) is 4.69. The molecule has 92 valence electrons. The van der Waals surface area contributed by atoms with Crippen molar-refractivity contribution in [3.05, 3.63) is 12.2 Å². The lowest BCUT2D eigenvalue weighted by Gasteiger charge is -2.13. The maximum atomic E-state index is 9.57. The maximum Gasteiger partial charge on any atom is 0.146 e. The lowest BCUT2D eigenvalue weighted by Crippen LogP contribution is -2.31. The lowest BCUT2D eigenvalue weighted by atomic mass is 10.3. The zero-order valence-corrected chi connectivity index (χ0v) is 10.1. The summed E-state index contributed by atoms with van der Waals surface area (Å²) in [6.45, 7) is 5.32. The van der Waals surface area contributed by atoms with Gasteiger partial charge in [0.15, 0.2) is 0 Å². The van der Waals surface area contributed by atoms with Crippen LogP contribution in [0.15, 0.2) is 6.33 Å². The summed E-state index contributed by atoms with van der Waals surface area (Å²) in [5, 5.41) is 20.4. The van der Waals surface area contributed by atoms with E-state index in [4.69, 9.17) is 4.74 Å². The summed E-state index contributed by atoms with van der Waals surface area (Å²) >= 11 is 0. The van der Waals surface area contributed by atoms with Crippen molar-refractivity contribution in [3.63, 3.8) is 0 Å². The van der Waals surface area contributed by atoms with Crippen molar-refractivity contribution >= 4 is 0 Å². The molecule has 0 spiro atoms. The monoisotopic (exact) mass is 228 g/mol. The van der Waals surface area contributed by atoms with Gasteiger partial charge >= 0.3 is 0 Å². The predicted molar refractivity (Wildman–Crippen MR) is 59.8 cm³/mol. The summed E-state index contributed by atoms with van der Waals surface area (Å²) in [7, 11) is 1.88. The molecule has 1 aromatic rings. The van der Waals surface area contributed by atoms with E-state index in [0.717, 1.165) is 5.82 Å². The van der Waals surface area contributed by atoms with Gasteiger partial charge in [0.05, 0.1) is 25.4 Å². The van der Waals surface area contributed by atoms with Crippen molar-refractivity contribution in [2.45, 2.75) is 32.6 Å². The molecule has 0 aliphatic carbocycles. The van der Waals surface area contributed by atoms with Crippen LogP contribution in [0.3, 0.4) is 0 Å². The van der Waals surface area contributed by atoms with Crippen LogP contribution in [0.2, 0.25) is 0 Å². The summed E-state index contributed by atoms with van der Waals surface area (Å²) in [4.78, 5) is 0. The minimum Gasteiger partial charge on any atom is -0.389 e. The number of rotatable bonds is 7. The quantitative estimate of drug-likeness (QED) is 0.670. The van der Waals surface area contributed by atoms with Crippen LogP contribution in [0.1, 0.15) is 19.7 Å². The van der Waals surface area contributed by atoms with Crippen LogP contribution >= 0.6 is 0 Å². The Labute approximate surface area is 95.6 Å². The van der Waals surface area contributed by atoms with E-state index in [9.17, 15) is 5.11 Å². The SMILES string of the molecule is CC(C)OCC(O)CNCc1nncn1C. The Kier molecular flexibility index (Phi) is 5.37. The molecule has 0 aliphatic heterocycles. The molecule has 1 aromatic heterocycles. The van der Waals surface area contributed by atoms with Crippen molar-refractivity contribution in [2.24, 2.45) is 7.05 Å². The fourth-order valence-electron chi connectivity index (χ4n) is 1.18. The van der Waals surface area contributed by atoms with E-state index < -0.39 is 6.10 Å². The molecule has 0 amide bonds. The zero-order valence-electron chi connectivity index (χ0n) is 10.1. The number of hydrogen-bond acceptors (Lipinski definition) is 5. The van der Waals surface area contributed by atoms with E-state index in [1.807, 2.05) is 25.5 Å². The number of aliphatic hydroxyl groups excluding tert-OH is 1. The van der Waals surface area contributed by atoms with Gasteiger partial charge in [-0.25, -0.2) is 0 Å². The zero-order chi connectivity index (χ0) is 12.0. The van der Waals surface area contributed by atoms with Gasteiger partial charge in [-0.15, -0.1) is 10.2 Å². The third-order valence-corrected chi connectivity index (χ3v) is 2.09. The van der Waals surface area contributed by atoms with Crippen LogP contribution in [0, 0.1) is 0 Å². The van der Waals surface area contributed by atoms with E-state index >= 15 is 0 Å². The molecule has 0 aliphatic rings. The molecule has 1 rings (SSSR count). The van der Waals surface area contributed by atoms with Crippen LogP contribution in [-0.2, 0) is 18.3 Å². The minimum atomic E-state index is -0.490. The highest BCUT2D eigenvalue weighted by atomic mass is 16.5. The van der Waals surface area contributed by atoms with Crippen molar-refractivity contribution in [2.75, 3.05) is 13.2 Å². The Morgan fingerprint density at radius 1 is 1.56 bits per heavy atom. The number of nitrogens with one attached hydrogen (secondary N) is 1. The van der Waals surface area contributed by atoms with E-state index in [1.54, 1.807) is 6.33 Å². The van der Waals surface area contributed by atoms with Gasteiger partial charge in [0.2, 0.25) is 0 Å². The molecule has 0 aromatic carbocycles. The lowest BCUT2D eigenvalue weighted by molar-refractivity contribution is 0.00623. The molecule has 6 heteroatoms. The van der Waals surface area contributed by atoms with Gasteiger partial charge in [-0.2, -0.15) is 0 Å². The summed E-state index contributed by atoms with van der Waals surface area (Å²) in [6, 6.07) is 0. The number of ether oxygens (including phenoxy) is 1. The first-order chi connectivity index (χ1) is 7.59. The predicted octanol–water partition coefficient (Wildman–Crippen LogP) is -0.309. The van der Waals surface area contributed by atoms with E-state index in [2.05, 4.69) is 15.5 Å². The van der Waals surface area contributed by atoms with Gasteiger partial charge in [0.1, 0.15) is 12.2 Å². The Morgan fingerprint density at radius 3 is 2.88 bits per heavy atom. The number of aryl methyl sites for hydroxylation is 1. The molecule has 2 N–H and O–H groups in total. The Hall–Kier alpha value is -0.980. The summed E-state index contributed by atoms with van der Waals surface area (Å²) in [5.41, 5.74) is 0. The second-order valence-electron chi connectivity index (χ2n) is 4.02. The third-order valence-electron chi connectivity index (χ3n) is 2.09. The van der Waals surface area contributed by atoms with Crippen molar-refractivity contribution in [1.29, 1.82) is 0 Å².